The lowest BCUT2D eigenvalue weighted by molar-refractivity contribution is 0.411. The predicted molar refractivity (Wildman–Crippen MR) is 134 cm³/mol. The Bertz CT molecular complexity index is 1240. The van der Waals surface area contributed by atoms with Gasteiger partial charge in [0.05, 0.1) is 24.3 Å². The Hall–Kier alpha value is -3.07. The van der Waals surface area contributed by atoms with E-state index in [1.54, 1.807) is 38.6 Å². The number of methoxy groups -OCH3 is 1. The predicted octanol–water partition coefficient (Wildman–Crippen LogP) is 6.86. The molecule has 0 N–H and O–H groups in total. The minimum atomic E-state index is -3.83. The van der Waals surface area contributed by atoms with Crippen molar-refractivity contribution >= 4 is 9.84 Å². The van der Waals surface area contributed by atoms with Crippen LogP contribution in [0.3, 0.4) is 0 Å². The molecule has 2 atom stereocenters. The molecular weight excluding hydrogens is 486 g/mol. The maximum absolute atomic E-state index is 13.9. The molecule has 6 nitrogen and oxygen atoms in total. The van der Waals surface area contributed by atoms with Crippen LogP contribution in [0.5, 0.6) is 17.4 Å². The molecule has 2 aromatic carbocycles. The Kier molecular flexibility index (Phi) is 9.75. The molecule has 0 fully saturated rings. The van der Waals surface area contributed by atoms with Crippen LogP contribution in [0.25, 0.3) is 0 Å². The fourth-order valence-corrected chi connectivity index (χ4v) is 5.37. The summed E-state index contributed by atoms with van der Waals surface area (Å²) in [6.45, 7) is 3.66. The number of halogens is 2. The van der Waals surface area contributed by atoms with E-state index in [1.807, 2.05) is 12.1 Å². The number of aromatic nitrogens is 2. The maximum atomic E-state index is 13.9. The number of ether oxygens (including phenoxy) is 2. The summed E-state index contributed by atoms with van der Waals surface area (Å²) in [5, 5.41) is -0.736. The topological polar surface area (TPSA) is 78.4 Å². The van der Waals surface area contributed by atoms with Gasteiger partial charge in [-0.1, -0.05) is 32.6 Å². The molecule has 194 valence electrons. The van der Waals surface area contributed by atoms with Gasteiger partial charge in [-0.05, 0) is 56.2 Å². The lowest BCUT2D eigenvalue weighted by Gasteiger charge is -2.14. The van der Waals surface area contributed by atoms with Crippen molar-refractivity contribution in [1.82, 2.24) is 9.97 Å². The molecule has 9 heteroatoms. The number of hydrogen-bond acceptors (Lipinski definition) is 6. The van der Waals surface area contributed by atoms with Crippen LogP contribution < -0.4 is 9.47 Å². The molecule has 36 heavy (non-hydrogen) atoms. The monoisotopic (exact) mass is 518 g/mol. The molecule has 3 rings (SSSR count). The fourth-order valence-electron chi connectivity index (χ4n) is 3.88. The molecule has 0 spiro atoms. The molecular formula is C27H32F2N2O4S. The quantitative estimate of drug-likeness (QED) is 0.182. The van der Waals surface area contributed by atoms with Crippen LogP contribution in [0.2, 0.25) is 0 Å². The molecule has 1 heterocycles. The van der Waals surface area contributed by atoms with E-state index in [0.29, 0.717) is 30.5 Å². The molecule has 1 aromatic heterocycles. The van der Waals surface area contributed by atoms with Gasteiger partial charge in [-0.15, -0.1) is 0 Å². The zero-order valence-electron chi connectivity index (χ0n) is 20.8. The van der Waals surface area contributed by atoms with E-state index in [1.165, 1.54) is 0 Å². The van der Waals surface area contributed by atoms with Crippen LogP contribution in [0.4, 0.5) is 8.78 Å². The van der Waals surface area contributed by atoms with Gasteiger partial charge >= 0.3 is 0 Å². The maximum Gasteiger partial charge on any atom is 0.238 e. The van der Waals surface area contributed by atoms with Gasteiger partial charge in [-0.3, -0.25) is 4.98 Å². The smallest absolute Gasteiger partial charge is 0.238 e. The Balaban J connectivity index is 1.41. The third kappa shape index (κ3) is 7.46. The van der Waals surface area contributed by atoms with Crippen LogP contribution in [0.15, 0.2) is 59.8 Å². The standard InChI is InChI=1S/C27H32F2N2O4S/c1-19(25-17-30-18-27(31-25)35-23-13-11-22(34-3)12-14-23)8-6-4-5-7-9-20(2)36(32,33)26-15-10-21(28)16-24(26)29/h10-20H,4-9H2,1-3H3. The average Bonchev–Trinajstić information content (AvgIpc) is 2.86. The van der Waals surface area contributed by atoms with Crippen LogP contribution in [-0.2, 0) is 9.84 Å². The summed E-state index contributed by atoms with van der Waals surface area (Å²) in [4.78, 5) is 8.40. The summed E-state index contributed by atoms with van der Waals surface area (Å²) >= 11 is 0. The van der Waals surface area contributed by atoms with E-state index in [9.17, 15) is 17.2 Å². The second-order valence-corrected chi connectivity index (χ2v) is 11.2. The SMILES string of the molecule is COc1ccc(Oc2cncc(C(C)CCCCCCC(C)S(=O)(=O)c3ccc(F)cc3F)n2)cc1. The third-order valence-corrected chi connectivity index (χ3v) is 8.39. The number of benzene rings is 2. The largest absolute Gasteiger partial charge is 0.497 e. The van der Waals surface area contributed by atoms with E-state index < -0.39 is 31.6 Å². The average molecular weight is 519 g/mol. The molecule has 0 saturated carbocycles. The molecule has 2 unspecified atom stereocenters. The summed E-state index contributed by atoms with van der Waals surface area (Å²) in [6, 6.07) is 9.80. The number of hydrogen-bond donors (Lipinski definition) is 0. The van der Waals surface area contributed by atoms with Crippen LogP contribution in [0, 0.1) is 11.6 Å². The Labute approximate surface area is 211 Å². The van der Waals surface area contributed by atoms with Crippen LogP contribution in [0.1, 0.15) is 64.0 Å². The number of rotatable bonds is 13. The van der Waals surface area contributed by atoms with Crippen molar-refractivity contribution in [3.8, 4) is 17.4 Å². The van der Waals surface area contributed by atoms with Crippen molar-refractivity contribution in [1.29, 1.82) is 0 Å². The second-order valence-electron chi connectivity index (χ2n) is 8.88. The summed E-state index contributed by atoms with van der Waals surface area (Å²) < 4.78 is 63.2. The molecule has 0 aliphatic heterocycles. The molecule has 3 aromatic rings. The second kappa shape index (κ2) is 12.8. The van der Waals surface area contributed by atoms with E-state index in [-0.39, 0.29) is 5.92 Å². The number of sulfone groups is 1. The molecule has 0 aliphatic carbocycles. The van der Waals surface area contributed by atoms with Gasteiger partial charge in [0.15, 0.2) is 9.84 Å². The van der Waals surface area contributed by atoms with E-state index >= 15 is 0 Å². The molecule has 0 bridgehead atoms. The lowest BCUT2D eigenvalue weighted by Crippen LogP contribution is -2.19. The summed E-state index contributed by atoms with van der Waals surface area (Å²) in [6.07, 6.45) is 8.13. The van der Waals surface area contributed by atoms with Crippen molar-refractivity contribution in [2.75, 3.05) is 7.11 Å². The van der Waals surface area contributed by atoms with Crippen molar-refractivity contribution in [2.24, 2.45) is 0 Å². The minimum absolute atomic E-state index is 0.192. The summed E-state index contributed by atoms with van der Waals surface area (Å²) in [5.41, 5.74) is 0.849. The highest BCUT2D eigenvalue weighted by Gasteiger charge is 2.26. The first-order chi connectivity index (χ1) is 17.2. The van der Waals surface area contributed by atoms with Gasteiger partial charge < -0.3 is 9.47 Å². The van der Waals surface area contributed by atoms with Crippen molar-refractivity contribution < 1.29 is 26.7 Å². The first-order valence-corrected chi connectivity index (χ1v) is 13.6. The van der Waals surface area contributed by atoms with Crippen LogP contribution >= 0.6 is 0 Å². The van der Waals surface area contributed by atoms with Gasteiger partial charge in [-0.25, -0.2) is 22.2 Å². The minimum Gasteiger partial charge on any atom is -0.497 e. The zero-order valence-corrected chi connectivity index (χ0v) is 21.6. The Morgan fingerprint density at radius 2 is 1.56 bits per heavy atom. The summed E-state index contributed by atoms with van der Waals surface area (Å²) in [7, 11) is -2.23. The summed E-state index contributed by atoms with van der Waals surface area (Å²) in [5.74, 6) is 0.171. The van der Waals surface area contributed by atoms with Crippen LogP contribution in [-0.4, -0.2) is 30.7 Å². The van der Waals surface area contributed by atoms with Gasteiger partial charge in [0.2, 0.25) is 5.88 Å². The van der Waals surface area contributed by atoms with Gasteiger partial charge in [-0.2, -0.15) is 0 Å². The van der Waals surface area contributed by atoms with Gasteiger partial charge in [0, 0.05) is 18.2 Å². The first kappa shape index (κ1) is 27.5. The van der Waals surface area contributed by atoms with E-state index in [4.69, 9.17) is 9.47 Å². The fraction of sp³-hybridized carbons (Fsp3) is 0.407. The highest BCUT2D eigenvalue weighted by atomic mass is 32.2. The highest BCUT2D eigenvalue weighted by Crippen LogP contribution is 2.26. The number of nitrogens with zero attached hydrogens (tertiary/aromatic N) is 2. The van der Waals surface area contributed by atoms with E-state index in [0.717, 1.165) is 49.3 Å². The molecule has 0 amide bonds. The Morgan fingerprint density at radius 1 is 0.889 bits per heavy atom. The first-order valence-electron chi connectivity index (χ1n) is 12.0. The van der Waals surface area contributed by atoms with Crippen molar-refractivity contribution in [3.05, 3.63) is 72.2 Å². The lowest BCUT2D eigenvalue weighted by atomic mass is 9.99. The zero-order chi connectivity index (χ0) is 26.1. The Morgan fingerprint density at radius 3 is 2.22 bits per heavy atom. The highest BCUT2D eigenvalue weighted by molar-refractivity contribution is 7.92. The molecule has 0 aliphatic rings. The van der Waals surface area contributed by atoms with Crippen molar-refractivity contribution in [3.63, 3.8) is 0 Å². The molecule has 0 radical (unpaired) electrons. The third-order valence-electron chi connectivity index (χ3n) is 6.15. The number of unbranched alkanes of at least 4 members (excludes halogenated alkanes) is 3. The normalized spacial score (nSPS) is 13.2. The van der Waals surface area contributed by atoms with Gasteiger partial charge in [0.1, 0.15) is 28.0 Å². The molecule has 0 saturated heterocycles. The van der Waals surface area contributed by atoms with E-state index in [2.05, 4.69) is 16.9 Å². The van der Waals surface area contributed by atoms with Gasteiger partial charge in [0.25, 0.3) is 0 Å². The van der Waals surface area contributed by atoms with Crippen molar-refractivity contribution in [2.45, 2.75) is 68.4 Å².